The van der Waals surface area contributed by atoms with Gasteiger partial charge in [-0.2, -0.15) is 0 Å². The van der Waals surface area contributed by atoms with Crippen molar-refractivity contribution < 1.29 is 18.7 Å². The zero-order valence-electron chi connectivity index (χ0n) is 15.0. The van der Waals surface area contributed by atoms with Crippen molar-refractivity contribution in [3.63, 3.8) is 0 Å². The van der Waals surface area contributed by atoms with E-state index in [4.69, 9.17) is 4.74 Å². The van der Waals surface area contributed by atoms with Gasteiger partial charge in [0.2, 0.25) is 0 Å². The van der Waals surface area contributed by atoms with Crippen molar-refractivity contribution in [3.8, 4) is 5.69 Å². The van der Waals surface area contributed by atoms with Gasteiger partial charge in [0.15, 0.2) is 5.69 Å². The monoisotopic (exact) mass is 357 g/mol. The number of carbonyl (C=O) groups is 2. The fourth-order valence-electron chi connectivity index (χ4n) is 3.69. The molecule has 7 heteroatoms. The predicted molar refractivity (Wildman–Crippen MR) is 91.7 cm³/mol. The van der Waals surface area contributed by atoms with Crippen molar-refractivity contribution >= 4 is 11.9 Å². The second-order valence-corrected chi connectivity index (χ2v) is 7.67. The van der Waals surface area contributed by atoms with E-state index in [1.165, 1.54) is 18.5 Å². The summed E-state index contributed by atoms with van der Waals surface area (Å²) in [5.41, 5.74) is 1.01. The number of nitrogens with zero attached hydrogens (tertiary/aromatic N) is 3. The third kappa shape index (κ3) is 2.58. The molecule has 3 heterocycles. The zero-order chi connectivity index (χ0) is 18.6. The highest BCUT2D eigenvalue weighted by Crippen LogP contribution is 2.40. The second-order valence-electron chi connectivity index (χ2n) is 7.67. The van der Waals surface area contributed by atoms with E-state index in [9.17, 15) is 14.0 Å². The van der Waals surface area contributed by atoms with Gasteiger partial charge in [0, 0.05) is 6.54 Å². The summed E-state index contributed by atoms with van der Waals surface area (Å²) >= 11 is 0. The van der Waals surface area contributed by atoms with E-state index in [1.54, 1.807) is 36.3 Å². The summed E-state index contributed by atoms with van der Waals surface area (Å²) in [5, 5.41) is 0. The Balaban J connectivity index is 1.91. The number of rotatable bonds is 1. The van der Waals surface area contributed by atoms with Crippen LogP contribution in [0.2, 0.25) is 0 Å². The van der Waals surface area contributed by atoms with Gasteiger partial charge in [0.1, 0.15) is 17.7 Å². The minimum absolute atomic E-state index is 0.210. The van der Waals surface area contributed by atoms with Crippen LogP contribution in [0.3, 0.4) is 0 Å². The van der Waals surface area contributed by atoms with E-state index in [0.29, 0.717) is 17.9 Å². The van der Waals surface area contributed by atoms with Crippen LogP contribution in [-0.2, 0) is 4.74 Å². The van der Waals surface area contributed by atoms with Gasteiger partial charge in [-0.25, -0.2) is 14.2 Å². The SMILES string of the molecule is CC(C)(C)OC(=O)c1ncn2c1[C@@H]1CCCN1C(=O)c1cc(F)ccc1-2. The van der Waals surface area contributed by atoms with Gasteiger partial charge < -0.3 is 9.64 Å². The van der Waals surface area contributed by atoms with Gasteiger partial charge >= 0.3 is 5.97 Å². The van der Waals surface area contributed by atoms with Crippen LogP contribution in [0.5, 0.6) is 0 Å². The van der Waals surface area contributed by atoms with Crippen LogP contribution in [-0.4, -0.2) is 38.5 Å². The Bertz CT molecular complexity index is 913. The molecule has 0 bridgehead atoms. The van der Waals surface area contributed by atoms with Crippen LogP contribution in [0.25, 0.3) is 5.69 Å². The van der Waals surface area contributed by atoms with E-state index in [2.05, 4.69) is 4.98 Å². The van der Waals surface area contributed by atoms with Crippen LogP contribution >= 0.6 is 0 Å². The van der Waals surface area contributed by atoms with Crippen molar-refractivity contribution in [1.82, 2.24) is 14.5 Å². The van der Waals surface area contributed by atoms with Crippen molar-refractivity contribution in [2.45, 2.75) is 45.3 Å². The summed E-state index contributed by atoms with van der Waals surface area (Å²) in [7, 11) is 0. The minimum Gasteiger partial charge on any atom is -0.455 e. The fraction of sp³-hybridized carbons (Fsp3) is 0.421. The zero-order valence-corrected chi connectivity index (χ0v) is 15.0. The highest BCUT2D eigenvalue weighted by atomic mass is 19.1. The Kier molecular flexibility index (Phi) is 3.64. The largest absolute Gasteiger partial charge is 0.455 e. The smallest absolute Gasteiger partial charge is 0.359 e. The van der Waals surface area contributed by atoms with Crippen molar-refractivity contribution in [1.29, 1.82) is 0 Å². The van der Waals surface area contributed by atoms with E-state index in [0.717, 1.165) is 12.8 Å². The molecule has 6 nitrogen and oxygen atoms in total. The number of benzene rings is 1. The highest BCUT2D eigenvalue weighted by Gasteiger charge is 2.40. The number of aromatic nitrogens is 2. The van der Waals surface area contributed by atoms with Crippen molar-refractivity contribution in [3.05, 3.63) is 47.3 Å². The first-order valence-corrected chi connectivity index (χ1v) is 8.68. The molecule has 2 aliphatic heterocycles. The first-order chi connectivity index (χ1) is 12.3. The van der Waals surface area contributed by atoms with E-state index >= 15 is 0 Å². The van der Waals surface area contributed by atoms with E-state index in [1.807, 2.05) is 0 Å². The second kappa shape index (κ2) is 5.65. The first kappa shape index (κ1) is 16.8. The van der Waals surface area contributed by atoms with Gasteiger partial charge in [-0.1, -0.05) is 0 Å². The molecule has 1 aromatic heterocycles. The molecule has 136 valence electrons. The molecule has 1 saturated heterocycles. The molecule has 0 radical (unpaired) electrons. The number of imidazole rings is 1. The maximum Gasteiger partial charge on any atom is 0.359 e. The average Bonchev–Trinajstić information content (AvgIpc) is 3.17. The molecule has 2 aromatic rings. The maximum atomic E-state index is 13.8. The van der Waals surface area contributed by atoms with E-state index in [-0.39, 0.29) is 23.2 Å². The number of esters is 1. The van der Waals surface area contributed by atoms with Gasteiger partial charge in [-0.05, 0) is 51.8 Å². The summed E-state index contributed by atoms with van der Waals surface area (Å²) in [4.78, 5) is 31.6. The van der Waals surface area contributed by atoms with Crippen LogP contribution in [0.1, 0.15) is 66.2 Å². The lowest BCUT2D eigenvalue weighted by atomic mass is 10.1. The highest BCUT2D eigenvalue weighted by molar-refractivity contribution is 5.99. The topological polar surface area (TPSA) is 64.4 Å². The molecular formula is C19H20FN3O3. The predicted octanol–water partition coefficient (Wildman–Crippen LogP) is 3.26. The molecular weight excluding hydrogens is 337 g/mol. The number of carbonyl (C=O) groups excluding carboxylic acids is 2. The Morgan fingerprint density at radius 2 is 2.12 bits per heavy atom. The Morgan fingerprint density at radius 3 is 2.85 bits per heavy atom. The molecule has 2 aliphatic rings. The minimum atomic E-state index is -0.648. The third-order valence-corrected chi connectivity index (χ3v) is 4.67. The lowest BCUT2D eigenvalue weighted by Crippen LogP contribution is -2.31. The van der Waals surface area contributed by atoms with Gasteiger partial charge in [0.25, 0.3) is 5.91 Å². The molecule has 0 N–H and O–H groups in total. The molecule has 1 atom stereocenters. The molecule has 1 amide bonds. The van der Waals surface area contributed by atoms with Crippen LogP contribution < -0.4 is 0 Å². The molecule has 0 aliphatic carbocycles. The summed E-state index contributed by atoms with van der Waals surface area (Å²) in [6.45, 7) is 5.95. The summed E-state index contributed by atoms with van der Waals surface area (Å²) in [6.07, 6.45) is 3.06. The summed E-state index contributed by atoms with van der Waals surface area (Å²) in [6, 6.07) is 3.83. The van der Waals surface area contributed by atoms with Crippen LogP contribution in [0, 0.1) is 5.82 Å². The Labute approximate surface area is 150 Å². The molecule has 1 aromatic carbocycles. The normalized spacial score (nSPS) is 18.8. The molecule has 26 heavy (non-hydrogen) atoms. The molecule has 1 fully saturated rings. The summed E-state index contributed by atoms with van der Waals surface area (Å²) < 4.78 is 21.0. The summed E-state index contributed by atoms with van der Waals surface area (Å²) in [5.74, 6) is -1.21. The van der Waals surface area contributed by atoms with Crippen molar-refractivity contribution in [2.75, 3.05) is 6.54 Å². The molecule has 4 rings (SSSR count). The number of hydrogen-bond donors (Lipinski definition) is 0. The molecule has 0 unspecified atom stereocenters. The van der Waals surface area contributed by atoms with Crippen molar-refractivity contribution in [2.24, 2.45) is 0 Å². The lowest BCUT2D eigenvalue weighted by molar-refractivity contribution is 0.00596. The number of halogens is 1. The average molecular weight is 357 g/mol. The Hall–Kier alpha value is -2.70. The molecule has 0 spiro atoms. The quantitative estimate of drug-likeness (QED) is 0.735. The lowest BCUT2D eigenvalue weighted by Gasteiger charge is -2.24. The van der Waals surface area contributed by atoms with Crippen LogP contribution in [0.4, 0.5) is 4.39 Å². The maximum absolute atomic E-state index is 13.8. The number of ether oxygens (including phenoxy) is 1. The third-order valence-electron chi connectivity index (χ3n) is 4.67. The van der Waals surface area contributed by atoms with E-state index < -0.39 is 17.4 Å². The van der Waals surface area contributed by atoms with Gasteiger partial charge in [-0.15, -0.1) is 0 Å². The van der Waals surface area contributed by atoms with Crippen LogP contribution in [0.15, 0.2) is 24.5 Å². The van der Waals surface area contributed by atoms with Gasteiger partial charge in [-0.3, -0.25) is 9.36 Å². The Morgan fingerprint density at radius 1 is 1.35 bits per heavy atom. The number of hydrogen-bond acceptors (Lipinski definition) is 4. The standard InChI is InChI=1S/C19H20FN3O3/c1-19(2,3)26-18(25)15-16-14-5-4-8-22(14)17(24)12-9-11(20)6-7-13(12)23(16)10-21-15/h6-7,9-10,14H,4-5,8H2,1-3H3/t14-/m0/s1. The number of amides is 1. The fourth-order valence-corrected chi connectivity index (χ4v) is 3.69. The molecule has 0 saturated carbocycles. The number of fused-ring (bicyclic) bond motifs is 5. The van der Waals surface area contributed by atoms with Gasteiger partial charge in [0.05, 0.1) is 23.0 Å². The first-order valence-electron chi connectivity index (χ1n) is 8.68.